The number of carbonyl (C=O) groups is 1. The first-order chi connectivity index (χ1) is 13.3. The molecule has 3 rings (SSSR count). The monoisotopic (exact) mass is 370 g/mol. The van der Waals surface area contributed by atoms with Gasteiger partial charge in [-0.1, -0.05) is 32.9 Å². The van der Waals surface area contributed by atoms with Crippen LogP contribution in [0.15, 0.2) is 67.0 Å². The highest BCUT2D eigenvalue weighted by atomic mass is 16.1. The summed E-state index contributed by atoms with van der Waals surface area (Å²) in [6.07, 6.45) is 3.18. The number of nitriles is 1. The van der Waals surface area contributed by atoms with Crippen LogP contribution in [-0.2, 0) is 5.41 Å². The largest absolute Gasteiger partial charge is 0.354 e. The summed E-state index contributed by atoms with van der Waals surface area (Å²) < 4.78 is 0. The van der Waals surface area contributed by atoms with Crippen LogP contribution in [-0.4, -0.2) is 10.9 Å². The van der Waals surface area contributed by atoms with E-state index in [1.807, 2.05) is 36.4 Å². The third-order valence-corrected chi connectivity index (χ3v) is 4.31. The minimum absolute atomic E-state index is 0.0674. The van der Waals surface area contributed by atoms with Crippen LogP contribution in [0.3, 0.4) is 0 Å². The Labute approximate surface area is 165 Å². The topological polar surface area (TPSA) is 77.8 Å². The highest BCUT2D eigenvalue weighted by molar-refractivity contribution is 6.04. The van der Waals surface area contributed by atoms with E-state index in [2.05, 4.69) is 42.5 Å². The Kier molecular flexibility index (Phi) is 5.42. The van der Waals surface area contributed by atoms with Gasteiger partial charge in [0.15, 0.2) is 0 Å². The van der Waals surface area contributed by atoms with Crippen molar-refractivity contribution in [2.75, 3.05) is 10.6 Å². The Morgan fingerprint density at radius 3 is 2.18 bits per heavy atom. The standard InChI is InChI=1S/C23H22N4O/c1-23(2,3)18-6-10-20(11-7-18)27-22(28)17-12-21(15-25-14-17)26-19-8-4-16(13-24)5-9-19/h4-12,14-15,26H,1-3H3,(H,27,28). The molecule has 0 atom stereocenters. The van der Waals surface area contributed by atoms with E-state index in [9.17, 15) is 4.79 Å². The second-order valence-corrected chi connectivity index (χ2v) is 7.56. The van der Waals surface area contributed by atoms with Crippen molar-refractivity contribution in [1.29, 1.82) is 5.26 Å². The predicted octanol–water partition coefficient (Wildman–Crippen LogP) is 5.25. The number of pyridine rings is 1. The predicted molar refractivity (Wildman–Crippen MR) is 112 cm³/mol. The fourth-order valence-electron chi connectivity index (χ4n) is 2.68. The minimum atomic E-state index is -0.223. The Balaban J connectivity index is 1.70. The summed E-state index contributed by atoms with van der Waals surface area (Å²) in [5.74, 6) is -0.223. The van der Waals surface area contributed by atoms with Crippen LogP contribution in [0.4, 0.5) is 17.1 Å². The molecular formula is C23H22N4O. The lowest BCUT2D eigenvalue weighted by molar-refractivity contribution is 0.102. The number of carbonyl (C=O) groups excluding carboxylic acids is 1. The summed E-state index contributed by atoms with van der Waals surface area (Å²) in [5.41, 5.74) is 4.58. The number of anilines is 3. The SMILES string of the molecule is CC(C)(C)c1ccc(NC(=O)c2cncc(Nc3ccc(C#N)cc3)c2)cc1. The van der Waals surface area contributed by atoms with Crippen LogP contribution < -0.4 is 10.6 Å². The van der Waals surface area contributed by atoms with Crippen molar-refractivity contribution in [2.24, 2.45) is 0 Å². The maximum absolute atomic E-state index is 12.6. The van der Waals surface area contributed by atoms with Crippen molar-refractivity contribution in [1.82, 2.24) is 4.98 Å². The number of nitrogens with zero attached hydrogens (tertiary/aromatic N) is 2. The summed E-state index contributed by atoms with van der Waals surface area (Å²) >= 11 is 0. The van der Waals surface area contributed by atoms with Crippen LogP contribution in [0.5, 0.6) is 0 Å². The van der Waals surface area contributed by atoms with Crippen LogP contribution in [0.1, 0.15) is 42.3 Å². The minimum Gasteiger partial charge on any atom is -0.354 e. The molecule has 140 valence electrons. The van der Waals surface area contributed by atoms with Gasteiger partial charge in [0, 0.05) is 17.6 Å². The van der Waals surface area contributed by atoms with Gasteiger partial charge in [0.25, 0.3) is 5.91 Å². The van der Waals surface area contributed by atoms with Gasteiger partial charge in [0.1, 0.15) is 0 Å². The van der Waals surface area contributed by atoms with E-state index in [1.54, 1.807) is 24.4 Å². The third-order valence-electron chi connectivity index (χ3n) is 4.31. The maximum Gasteiger partial charge on any atom is 0.257 e. The molecule has 0 aliphatic rings. The first-order valence-electron chi connectivity index (χ1n) is 8.99. The Morgan fingerprint density at radius 1 is 0.929 bits per heavy atom. The van der Waals surface area contributed by atoms with Gasteiger partial charge < -0.3 is 10.6 Å². The zero-order chi connectivity index (χ0) is 20.1. The van der Waals surface area contributed by atoms with Crippen molar-refractivity contribution in [3.8, 4) is 6.07 Å². The zero-order valence-electron chi connectivity index (χ0n) is 16.2. The smallest absolute Gasteiger partial charge is 0.257 e. The Bertz CT molecular complexity index is 1010. The molecule has 2 N–H and O–H groups in total. The molecule has 0 fully saturated rings. The van der Waals surface area contributed by atoms with E-state index in [0.717, 1.165) is 11.4 Å². The molecule has 2 aromatic carbocycles. The molecule has 0 aliphatic heterocycles. The van der Waals surface area contributed by atoms with Gasteiger partial charge in [-0.3, -0.25) is 9.78 Å². The van der Waals surface area contributed by atoms with Crippen LogP contribution in [0, 0.1) is 11.3 Å². The molecule has 0 bridgehead atoms. The lowest BCUT2D eigenvalue weighted by atomic mass is 9.87. The number of hydrogen-bond acceptors (Lipinski definition) is 4. The molecule has 0 unspecified atom stereocenters. The fourth-order valence-corrected chi connectivity index (χ4v) is 2.68. The second kappa shape index (κ2) is 7.93. The molecule has 3 aromatic rings. The van der Waals surface area contributed by atoms with Crippen molar-refractivity contribution >= 4 is 23.0 Å². The average molecular weight is 370 g/mol. The quantitative estimate of drug-likeness (QED) is 0.658. The highest BCUT2D eigenvalue weighted by Gasteiger charge is 2.13. The van der Waals surface area contributed by atoms with Crippen molar-refractivity contribution in [2.45, 2.75) is 26.2 Å². The van der Waals surface area contributed by atoms with E-state index in [1.165, 1.54) is 11.8 Å². The van der Waals surface area contributed by atoms with Gasteiger partial charge in [-0.15, -0.1) is 0 Å². The molecule has 5 heteroatoms. The normalized spacial score (nSPS) is 10.8. The first kappa shape index (κ1) is 19.1. The zero-order valence-corrected chi connectivity index (χ0v) is 16.2. The number of nitrogens with one attached hydrogen (secondary N) is 2. The van der Waals surface area contributed by atoms with Gasteiger partial charge in [-0.2, -0.15) is 5.26 Å². The molecule has 1 aromatic heterocycles. The fraction of sp³-hybridized carbons (Fsp3) is 0.174. The summed E-state index contributed by atoms with van der Waals surface area (Å²) in [6.45, 7) is 6.45. The number of hydrogen-bond donors (Lipinski definition) is 2. The van der Waals surface area contributed by atoms with E-state index in [-0.39, 0.29) is 11.3 Å². The van der Waals surface area contributed by atoms with Gasteiger partial charge >= 0.3 is 0 Å². The highest BCUT2D eigenvalue weighted by Crippen LogP contribution is 2.24. The van der Waals surface area contributed by atoms with Crippen molar-refractivity contribution in [3.63, 3.8) is 0 Å². The van der Waals surface area contributed by atoms with Gasteiger partial charge in [-0.25, -0.2) is 0 Å². The summed E-state index contributed by atoms with van der Waals surface area (Å²) in [7, 11) is 0. The molecule has 28 heavy (non-hydrogen) atoms. The van der Waals surface area contributed by atoms with Crippen LogP contribution in [0.2, 0.25) is 0 Å². The number of amides is 1. The van der Waals surface area contributed by atoms with Crippen molar-refractivity contribution < 1.29 is 4.79 Å². The second-order valence-electron chi connectivity index (χ2n) is 7.56. The first-order valence-corrected chi connectivity index (χ1v) is 8.99. The Hall–Kier alpha value is -3.65. The lowest BCUT2D eigenvalue weighted by Gasteiger charge is -2.19. The van der Waals surface area contributed by atoms with Crippen LogP contribution in [0.25, 0.3) is 0 Å². The molecule has 5 nitrogen and oxygen atoms in total. The molecule has 1 heterocycles. The number of benzene rings is 2. The third kappa shape index (κ3) is 4.74. The molecule has 0 aliphatic carbocycles. The van der Waals surface area contributed by atoms with Gasteiger partial charge in [0.2, 0.25) is 0 Å². The lowest BCUT2D eigenvalue weighted by Crippen LogP contribution is -2.14. The molecule has 1 amide bonds. The van der Waals surface area contributed by atoms with E-state index >= 15 is 0 Å². The molecule has 0 spiro atoms. The summed E-state index contributed by atoms with van der Waals surface area (Å²) in [5, 5.41) is 15.0. The van der Waals surface area contributed by atoms with E-state index in [0.29, 0.717) is 16.8 Å². The van der Waals surface area contributed by atoms with Gasteiger partial charge in [0.05, 0.1) is 29.1 Å². The number of rotatable bonds is 4. The summed E-state index contributed by atoms with van der Waals surface area (Å²) in [4.78, 5) is 16.7. The average Bonchev–Trinajstić information content (AvgIpc) is 2.68. The van der Waals surface area contributed by atoms with E-state index < -0.39 is 0 Å². The van der Waals surface area contributed by atoms with Crippen molar-refractivity contribution in [3.05, 3.63) is 83.7 Å². The maximum atomic E-state index is 12.6. The molecule has 0 saturated carbocycles. The van der Waals surface area contributed by atoms with E-state index in [4.69, 9.17) is 5.26 Å². The van der Waals surface area contributed by atoms with Crippen LogP contribution >= 0.6 is 0 Å². The summed E-state index contributed by atoms with van der Waals surface area (Å²) in [6, 6.07) is 18.8. The van der Waals surface area contributed by atoms with Gasteiger partial charge in [-0.05, 0) is 53.4 Å². The molecule has 0 saturated heterocycles. The molecular weight excluding hydrogens is 348 g/mol. The molecule has 0 radical (unpaired) electrons. The number of aromatic nitrogens is 1. The Morgan fingerprint density at radius 2 is 1.57 bits per heavy atom.